The number of fused-ring (bicyclic) bond motifs is 1. The molecule has 1 heterocycles. The number of carbonyl (C=O) groups is 8. The van der Waals surface area contributed by atoms with E-state index < -0.39 is 86.2 Å². The van der Waals surface area contributed by atoms with Crippen molar-refractivity contribution in [1.82, 2.24) is 41.5 Å². The van der Waals surface area contributed by atoms with Crippen LogP contribution >= 0.6 is 0 Å². The zero-order valence-corrected chi connectivity index (χ0v) is 52.2. The second-order valence-electron chi connectivity index (χ2n) is 26.2. The molecular weight excluding hydrogens is 1120 g/mol. The van der Waals surface area contributed by atoms with Crippen molar-refractivity contribution in [2.24, 2.45) is 40.1 Å². The van der Waals surface area contributed by atoms with Gasteiger partial charge in [-0.1, -0.05) is 172 Å². The Morgan fingerprint density at radius 2 is 1.24 bits per heavy atom. The Morgan fingerprint density at radius 1 is 0.733 bits per heavy atom. The van der Waals surface area contributed by atoms with Crippen molar-refractivity contribution in [1.29, 1.82) is 0 Å². The molecule has 0 aromatic heterocycles. The van der Waals surface area contributed by atoms with Gasteiger partial charge >= 0.3 is 18.2 Å². The first-order chi connectivity index (χ1) is 40.7. The maximum Gasteiger partial charge on any atom is 0.408 e. The fourth-order valence-corrected chi connectivity index (χ4v) is 13.1. The number of nitrogens with two attached hydrogens (primary N) is 2. The molecule has 0 bridgehead atoms. The van der Waals surface area contributed by atoms with Gasteiger partial charge in [0.15, 0.2) is 0 Å². The molecule has 0 spiro atoms. The van der Waals surface area contributed by atoms with Crippen LogP contribution in [-0.2, 0) is 56.7 Å². The third-order valence-electron chi connectivity index (χ3n) is 18.1. The highest BCUT2D eigenvalue weighted by Gasteiger charge is 2.70. The number of piperidine rings is 1. The van der Waals surface area contributed by atoms with E-state index >= 15 is 0 Å². The summed E-state index contributed by atoms with van der Waals surface area (Å²) < 4.78 is 36.7. The number of nitrogens with zero attached hydrogens (tertiary/aromatic N) is 1. The molecule has 5 aliphatic carbocycles. The number of sulfonamides is 1. The lowest BCUT2D eigenvalue weighted by Crippen LogP contribution is -2.64. The van der Waals surface area contributed by atoms with Crippen molar-refractivity contribution in [3.63, 3.8) is 0 Å². The van der Waals surface area contributed by atoms with Crippen molar-refractivity contribution in [2.75, 3.05) is 32.4 Å². The van der Waals surface area contributed by atoms with Crippen molar-refractivity contribution >= 4 is 57.7 Å². The predicted octanol–water partition coefficient (Wildman–Crippen LogP) is 6.27. The van der Waals surface area contributed by atoms with Gasteiger partial charge in [-0.3, -0.25) is 24.0 Å². The minimum Gasteiger partial charge on any atom is -0.445 e. The van der Waals surface area contributed by atoms with Crippen LogP contribution in [0.5, 0.6) is 0 Å². The molecule has 1 saturated heterocycles. The van der Waals surface area contributed by atoms with E-state index in [-0.39, 0.29) is 54.5 Å². The average molecular weight is 1220 g/mol. The summed E-state index contributed by atoms with van der Waals surface area (Å²) >= 11 is 0. The van der Waals surface area contributed by atoms with E-state index in [1.165, 1.54) is 17.4 Å². The topological polar surface area (TPSA) is 329 Å². The molecule has 1 unspecified atom stereocenters. The van der Waals surface area contributed by atoms with E-state index in [1.54, 1.807) is 0 Å². The number of hydrogen-bond acceptors (Lipinski definition) is 13. The summed E-state index contributed by atoms with van der Waals surface area (Å²) in [4.78, 5) is 104. The van der Waals surface area contributed by atoms with Crippen LogP contribution in [0.1, 0.15) is 161 Å². The average Bonchev–Trinajstić information content (AvgIpc) is 1.53. The Morgan fingerprint density at radius 3 is 1.72 bits per heavy atom. The number of nitrogens with one attached hydrogen (secondary N) is 7. The standard InChI is InChI=1S/C33H54N6O7S.C15H20N2O3.C15H22N2O2/c1-8-16-34-28(42)25(40)22(17-20-12-13-20)36-27(41)24-23-21(32(23,5)6)18-39(24)29(43)26(31(2,3)4)37-30(44)38-33(14-10-9-11-15-33)19-35-47(7,45)46;16-13(18)15(9-5-2-6-10-15)17-14(19)20-11-12-7-3-1-4-8-12;16-12-15(9-5-2-6-10-15)17-14(18)19-11-13-7-3-1-4-8-13/h8,20-24,26,35H,1,9-19H2,2-7H3,(H,34,42)(H,36,41)(H2,37,38,44);1,3-4,7-8H,2,5-6,9-11H2,(H2,16,18)(H,17,19);1,3-4,7-8H,2,5-6,9-12,16H2,(H,17,18)/t21-,22?,23-,24-,26+;;/m0../s1. The number of urea groups is 1. The Bertz CT molecular complexity index is 2770. The smallest absolute Gasteiger partial charge is 0.408 e. The van der Waals surface area contributed by atoms with E-state index in [9.17, 15) is 46.8 Å². The number of likely N-dealkylation sites (tertiary alicyclic amines) is 1. The fourth-order valence-electron chi connectivity index (χ4n) is 12.6. The summed E-state index contributed by atoms with van der Waals surface area (Å²) in [6.07, 6.45) is 17.0. The van der Waals surface area contributed by atoms with Crippen LogP contribution in [0.25, 0.3) is 0 Å². The molecule has 2 aromatic carbocycles. The van der Waals surface area contributed by atoms with Gasteiger partial charge in [-0.05, 0) is 84.7 Å². The molecule has 6 aliphatic rings. The lowest BCUT2D eigenvalue weighted by atomic mass is 9.81. The van der Waals surface area contributed by atoms with Gasteiger partial charge in [-0.2, -0.15) is 0 Å². The first-order valence-electron chi connectivity index (χ1n) is 30.7. The molecule has 22 nitrogen and oxygen atoms in total. The minimum atomic E-state index is -3.49. The number of primary amides is 1. The first-order valence-corrected chi connectivity index (χ1v) is 32.6. The summed E-state index contributed by atoms with van der Waals surface area (Å²) in [7, 11) is -3.49. The van der Waals surface area contributed by atoms with Gasteiger partial charge in [0.25, 0.3) is 5.91 Å². The number of benzene rings is 2. The summed E-state index contributed by atoms with van der Waals surface area (Å²) in [6, 6.07) is 15.6. The first kappa shape index (κ1) is 68.5. The monoisotopic (exact) mass is 1220 g/mol. The molecule has 8 amide bonds. The highest BCUT2D eigenvalue weighted by Crippen LogP contribution is 2.65. The summed E-state index contributed by atoms with van der Waals surface area (Å²) in [5, 5.41) is 16.9. The Kier molecular flexibility index (Phi) is 24.2. The molecule has 0 radical (unpaired) electrons. The van der Waals surface area contributed by atoms with Crippen LogP contribution in [0, 0.1) is 28.6 Å². The number of ether oxygens (including phenoxy) is 2. The second kappa shape index (κ2) is 30.4. The molecule has 6 fully saturated rings. The number of rotatable bonds is 22. The number of Topliss-reactive ketones (excluding diaryl/α,β-unsaturated/α-hetero) is 1. The number of carbonyl (C=O) groups excluding carboxylic acids is 8. The fraction of sp³-hybridized carbons (Fsp3) is 0.651. The third kappa shape index (κ3) is 19.7. The molecule has 86 heavy (non-hydrogen) atoms. The Labute approximate surface area is 508 Å². The molecule has 11 N–H and O–H groups in total. The van der Waals surface area contributed by atoms with Crippen molar-refractivity contribution in [3.05, 3.63) is 84.4 Å². The van der Waals surface area contributed by atoms with Crippen molar-refractivity contribution in [2.45, 2.75) is 198 Å². The SMILES string of the molecule is C=CCNC(=O)C(=O)C(CC1CC1)NC(=O)[C@@H]1[C@@H]2[C@H](CN1C(=O)[C@@H](NC(=O)NC1(CNS(C)(=O)=O)CCCCC1)C(C)(C)C)C2(C)C.NC(=O)C1(NC(=O)OCc2ccccc2)CCCCC1.NCC1(NC(=O)OCc2ccccc2)CCCCC1. The number of hydrogen-bond donors (Lipinski definition) is 9. The van der Waals surface area contributed by atoms with Crippen LogP contribution < -0.4 is 48.1 Å². The van der Waals surface area contributed by atoms with Crippen molar-refractivity contribution < 1.29 is 56.2 Å². The summed E-state index contributed by atoms with van der Waals surface area (Å²) in [6.45, 7) is 14.6. The molecule has 476 valence electrons. The van der Waals surface area contributed by atoms with Gasteiger partial charge in [0.2, 0.25) is 33.5 Å². The second-order valence-corrected chi connectivity index (χ2v) is 28.1. The summed E-state index contributed by atoms with van der Waals surface area (Å²) in [5.41, 5.74) is 10.2. The number of alkyl carbamates (subject to hydrolysis) is 2. The van der Waals surface area contributed by atoms with Gasteiger partial charge in [-0.15, -0.1) is 6.58 Å². The van der Waals surface area contributed by atoms with E-state index in [0.717, 1.165) is 94.4 Å². The van der Waals surface area contributed by atoms with Gasteiger partial charge in [0.1, 0.15) is 30.8 Å². The Balaban J connectivity index is 0.000000247. The lowest BCUT2D eigenvalue weighted by Gasteiger charge is -2.40. The molecular formula is C63H96N10O12S. The zero-order valence-electron chi connectivity index (χ0n) is 51.4. The Hall–Kier alpha value is -6.59. The van der Waals surface area contributed by atoms with Crippen LogP contribution in [0.2, 0.25) is 0 Å². The molecule has 1 aliphatic heterocycles. The van der Waals surface area contributed by atoms with Crippen LogP contribution in [-0.4, -0.2) is 128 Å². The molecule has 2 aromatic rings. The molecule has 5 saturated carbocycles. The van der Waals surface area contributed by atoms with Crippen LogP contribution in [0.3, 0.4) is 0 Å². The highest BCUT2D eigenvalue weighted by atomic mass is 32.2. The third-order valence-corrected chi connectivity index (χ3v) is 18.7. The number of ketones is 1. The maximum absolute atomic E-state index is 14.4. The molecule has 23 heteroatoms. The quantitative estimate of drug-likeness (QED) is 0.0465. The van der Waals surface area contributed by atoms with Gasteiger partial charge in [0.05, 0.1) is 23.4 Å². The molecule has 5 atom stereocenters. The van der Waals surface area contributed by atoms with E-state index in [1.807, 2.05) is 81.4 Å². The maximum atomic E-state index is 14.4. The van der Waals surface area contributed by atoms with Gasteiger partial charge < -0.3 is 57.7 Å². The zero-order chi connectivity index (χ0) is 62.9. The van der Waals surface area contributed by atoms with Crippen LogP contribution in [0.15, 0.2) is 73.3 Å². The van der Waals surface area contributed by atoms with Gasteiger partial charge in [-0.25, -0.2) is 27.5 Å². The number of amides is 8. The summed E-state index contributed by atoms with van der Waals surface area (Å²) in [5.74, 6) is -2.69. The molecule has 8 rings (SSSR count). The van der Waals surface area contributed by atoms with Crippen LogP contribution in [0.4, 0.5) is 14.4 Å². The lowest BCUT2D eigenvalue weighted by molar-refractivity contribution is -0.145. The largest absolute Gasteiger partial charge is 0.445 e. The van der Waals surface area contributed by atoms with E-state index in [2.05, 4.69) is 57.0 Å². The normalized spacial score (nSPS) is 22.0. The highest BCUT2D eigenvalue weighted by molar-refractivity contribution is 7.88. The van der Waals surface area contributed by atoms with E-state index in [0.29, 0.717) is 51.8 Å². The predicted molar refractivity (Wildman–Crippen MR) is 327 cm³/mol. The minimum absolute atomic E-state index is 0.0482. The van der Waals surface area contributed by atoms with E-state index in [4.69, 9.17) is 20.9 Å². The van der Waals surface area contributed by atoms with Gasteiger partial charge in [0, 0.05) is 26.2 Å². The van der Waals surface area contributed by atoms with Crippen molar-refractivity contribution in [3.8, 4) is 0 Å².